The molecule has 1 atom stereocenters. The minimum atomic E-state index is 0.287. The average Bonchev–Trinajstić information content (AvgIpc) is 2.53. The Morgan fingerprint density at radius 1 is 1.33 bits per heavy atom. The summed E-state index contributed by atoms with van der Waals surface area (Å²) in [5.74, 6) is 0.328. The number of aryl methyl sites for hydroxylation is 1. The van der Waals surface area contributed by atoms with Gasteiger partial charge >= 0.3 is 0 Å². The molecule has 0 saturated carbocycles. The molecule has 1 aliphatic rings. The van der Waals surface area contributed by atoms with Crippen molar-refractivity contribution in [1.82, 2.24) is 4.57 Å². The molecule has 1 unspecified atom stereocenters. The number of hydrogen-bond donors (Lipinski definition) is 2. The Kier molecular flexibility index (Phi) is 1.76. The monoisotopic (exact) mass is 202 g/mol. The van der Waals surface area contributed by atoms with Crippen molar-refractivity contribution in [1.29, 1.82) is 0 Å². The Hall–Kier alpha value is -1.48. The van der Waals surface area contributed by atoms with Gasteiger partial charge in [0.25, 0.3) is 0 Å². The van der Waals surface area contributed by atoms with Gasteiger partial charge in [-0.3, -0.25) is 0 Å². The molecule has 1 aliphatic heterocycles. The van der Waals surface area contributed by atoms with Crippen LogP contribution in [0.1, 0.15) is 12.1 Å². The number of aromatic nitrogens is 1. The molecule has 1 aromatic heterocycles. The molecule has 3 rings (SSSR count). The van der Waals surface area contributed by atoms with Gasteiger partial charge in [0, 0.05) is 35.6 Å². The molecule has 0 fully saturated rings. The highest BCUT2D eigenvalue weighted by Gasteiger charge is 2.17. The topological polar surface area (TPSA) is 51.2 Å². The second kappa shape index (κ2) is 3.00. The van der Waals surface area contributed by atoms with Crippen molar-refractivity contribution in [3.8, 4) is 5.75 Å². The molecular formula is C12H14N2O. The van der Waals surface area contributed by atoms with Crippen molar-refractivity contribution in [3.05, 3.63) is 30.0 Å². The number of phenolic OH excluding ortho intramolecular Hbond substituents is 1. The number of phenols is 1. The maximum Gasteiger partial charge on any atom is 0.116 e. The lowest BCUT2D eigenvalue weighted by molar-refractivity contribution is 0.475. The second-order valence-electron chi connectivity index (χ2n) is 4.28. The van der Waals surface area contributed by atoms with Crippen molar-refractivity contribution >= 4 is 10.9 Å². The van der Waals surface area contributed by atoms with Gasteiger partial charge in [0.2, 0.25) is 0 Å². The zero-order chi connectivity index (χ0) is 10.4. The van der Waals surface area contributed by atoms with Crippen molar-refractivity contribution < 1.29 is 5.11 Å². The summed E-state index contributed by atoms with van der Waals surface area (Å²) in [5.41, 5.74) is 8.43. The van der Waals surface area contributed by atoms with Gasteiger partial charge in [-0.2, -0.15) is 0 Å². The van der Waals surface area contributed by atoms with Crippen LogP contribution in [0.5, 0.6) is 5.75 Å². The molecule has 3 heteroatoms. The molecule has 3 nitrogen and oxygen atoms in total. The Balaban J connectivity index is 2.23. The van der Waals surface area contributed by atoms with Gasteiger partial charge in [0.15, 0.2) is 0 Å². The summed E-state index contributed by atoms with van der Waals surface area (Å²) in [6.45, 7) is 0.991. The summed E-state index contributed by atoms with van der Waals surface area (Å²) in [6, 6.07) is 7.95. The first-order valence-electron chi connectivity index (χ1n) is 5.31. The van der Waals surface area contributed by atoms with Crippen LogP contribution < -0.4 is 5.73 Å². The summed E-state index contributed by atoms with van der Waals surface area (Å²) >= 11 is 0. The maximum absolute atomic E-state index is 9.41. The highest BCUT2D eigenvalue weighted by atomic mass is 16.3. The summed E-state index contributed by atoms with van der Waals surface area (Å²) in [5, 5.41) is 10.5. The number of nitrogens with zero attached hydrogens (tertiary/aromatic N) is 1. The highest BCUT2D eigenvalue weighted by molar-refractivity contribution is 5.83. The molecule has 3 N–H and O–H groups in total. The van der Waals surface area contributed by atoms with Crippen molar-refractivity contribution in [2.45, 2.75) is 25.4 Å². The standard InChI is InChI=1S/C12H14N2O/c13-9-3-4-14-10(7-9)5-8-6-11(15)1-2-12(8)14/h1-2,5-6,9,15H,3-4,7,13H2. The third-order valence-corrected chi connectivity index (χ3v) is 3.17. The van der Waals surface area contributed by atoms with Crippen LogP contribution in [0.25, 0.3) is 10.9 Å². The molecule has 0 saturated heterocycles. The van der Waals surface area contributed by atoms with Gasteiger partial charge in [-0.15, -0.1) is 0 Å². The number of hydrogen-bond acceptors (Lipinski definition) is 2. The first-order chi connectivity index (χ1) is 7.24. The van der Waals surface area contributed by atoms with Crippen molar-refractivity contribution in [2.24, 2.45) is 5.73 Å². The Bertz CT molecular complexity index is 516. The Labute approximate surface area is 88.1 Å². The largest absolute Gasteiger partial charge is 0.508 e. The molecule has 2 heterocycles. The summed E-state index contributed by atoms with van der Waals surface area (Å²) in [4.78, 5) is 0. The fraction of sp³-hybridized carbons (Fsp3) is 0.333. The molecule has 15 heavy (non-hydrogen) atoms. The SMILES string of the molecule is NC1CCn2c(cc3cc(O)ccc32)C1. The van der Waals surface area contributed by atoms with Crippen LogP contribution in [0, 0.1) is 0 Å². The van der Waals surface area contributed by atoms with Crippen LogP contribution in [0.3, 0.4) is 0 Å². The van der Waals surface area contributed by atoms with E-state index in [1.807, 2.05) is 12.1 Å². The van der Waals surface area contributed by atoms with Gasteiger partial charge in [-0.1, -0.05) is 0 Å². The number of benzene rings is 1. The predicted octanol–water partition coefficient (Wildman–Crippen LogP) is 1.62. The van der Waals surface area contributed by atoms with Crippen molar-refractivity contribution in [2.75, 3.05) is 0 Å². The molecular weight excluding hydrogens is 188 g/mol. The molecule has 0 radical (unpaired) electrons. The van der Waals surface area contributed by atoms with Gasteiger partial charge in [0.1, 0.15) is 5.75 Å². The quantitative estimate of drug-likeness (QED) is 0.682. The van der Waals surface area contributed by atoms with E-state index in [1.165, 1.54) is 11.2 Å². The van der Waals surface area contributed by atoms with E-state index < -0.39 is 0 Å². The van der Waals surface area contributed by atoms with Crippen LogP contribution in [0.2, 0.25) is 0 Å². The lowest BCUT2D eigenvalue weighted by atomic mass is 10.1. The first kappa shape index (κ1) is 8.80. The van der Waals surface area contributed by atoms with Gasteiger partial charge in [-0.25, -0.2) is 0 Å². The van der Waals surface area contributed by atoms with Crippen molar-refractivity contribution in [3.63, 3.8) is 0 Å². The number of aromatic hydroxyl groups is 1. The first-order valence-corrected chi connectivity index (χ1v) is 5.31. The van der Waals surface area contributed by atoms with Crippen LogP contribution >= 0.6 is 0 Å². The number of rotatable bonds is 0. The van der Waals surface area contributed by atoms with Crippen LogP contribution in [0.15, 0.2) is 24.3 Å². The van der Waals surface area contributed by atoms with E-state index in [9.17, 15) is 5.11 Å². The smallest absolute Gasteiger partial charge is 0.116 e. The third-order valence-electron chi connectivity index (χ3n) is 3.17. The second-order valence-corrected chi connectivity index (χ2v) is 4.28. The van der Waals surface area contributed by atoms with E-state index in [4.69, 9.17) is 5.73 Å². The predicted molar refractivity (Wildman–Crippen MR) is 59.9 cm³/mol. The third kappa shape index (κ3) is 1.31. The Morgan fingerprint density at radius 2 is 2.20 bits per heavy atom. The molecule has 0 spiro atoms. The van der Waals surface area contributed by atoms with Gasteiger partial charge in [0.05, 0.1) is 0 Å². The average molecular weight is 202 g/mol. The summed E-state index contributed by atoms with van der Waals surface area (Å²) < 4.78 is 2.30. The minimum absolute atomic E-state index is 0.287. The van der Waals surface area contributed by atoms with E-state index >= 15 is 0 Å². The van der Waals surface area contributed by atoms with Crippen LogP contribution in [-0.2, 0) is 13.0 Å². The Morgan fingerprint density at radius 3 is 3.07 bits per heavy atom. The molecule has 0 bridgehead atoms. The summed E-state index contributed by atoms with van der Waals surface area (Å²) in [7, 11) is 0. The van der Waals surface area contributed by atoms with E-state index in [-0.39, 0.29) is 6.04 Å². The van der Waals surface area contributed by atoms with E-state index in [2.05, 4.69) is 10.6 Å². The molecule has 1 aromatic carbocycles. The zero-order valence-electron chi connectivity index (χ0n) is 8.48. The molecule has 2 aromatic rings. The minimum Gasteiger partial charge on any atom is -0.508 e. The number of nitrogens with two attached hydrogens (primary N) is 1. The van der Waals surface area contributed by atoms with E-state index in [0.29, 0.717) is 5.75 Å². The fourth-order valence-corrected chi connectivity index (χ4v) is 2.41. The lowest BCUT2D eigenvalue weighted by Gasteiger charge is -2.21. The van der Waals surface area contributed by atoms with E-state index in [1.54, 1.807) is 6.07 Å². The molecule has 78 valence electrons. The van der Waals surface area contributed by atoms with Gasteiger partial charge < -0.3 is 15.4 Å². The van der Waals surface area contributed by atoms with Crippen LogP contribution in [0.4, 0.5) is 0 Å². The normalized spacial score (nSPS) is 20.5. The number of fused-ring (bicyclic) bond motifs is 3. The molecule has 0 amide bonds. The van der Waals surface area contributed by atoms with E-state index in [0.717, 1.165) is 24.8 Å². The zero-order valence-corrected chi connectivity index (χ0v) is 8.48. The lowest BCUT2D eigenvalue weighted by Crippen LogP contribution is -2.30. The molecule has 0 aliphatic carbocycles. The summed E-state index contributed by atoms with van der Waals surface area (Å²) in [6.07, 6.45) is 1.98. The van der Waals surface area contributed by atoms with Crippen LogP contribution in [-0.4, -0.2) is 15.7 Å². The maximum atomic E-state index is 9.41. The van der Waals surface area contributed by atoms with Gasteiger partial charge in [-0.05, 0) is 30.7 Å². The highest BCUT2D eigenvalue weighted by Crippen LogP contribution is 2.27. The fourth-order valence-electron chi connectivity index (χ4n) is 2.41.